The molecule has 1 aromatic heterocycles. The van der Waals surface area contributed by atoms with Gasteiger partial charge in [-0.2, -0.15) is 0 Å². The second-order valence-electron chi connectivity index (χ2n) is 4.11. The van der Waals surface area contributed by atoms with Crippen LogP contribution in [0.15, 0.2) is 22.7 Å². The van der Waals surface area contributed by atoms with Crippen molar-refractivity contribution in [3.8, 4) is 11.3 Å². The van der Waals surface area contributed by atoms with Crippen LogP contribution in [0.5, 0.6) is 0 Å². The Labute approximate surface area is 112 Å². The lowest BCUT2D eigenvalue weighted by atomic mass is 10.1. The molecule has 1 heterocycles. The van der Waals surface area contributed by atoms with Crippen LogP contribution in [-0.4, -0.2) is 17.0 Å². The number of rotatable bonds is 4. The monoisotopic (exact) mass is 283 g/mol. The van der Waals surface area contributed by atoms with Crippen molar-refractivity contribution in [3.63, 3.8) is 0 Å². The average molecular weight is 283 g/mol. The van der Waals surface area contributed by atoms with E-state index in [9.17, 15) is 18.9 Å². The van der Waals surface area contributed by atoms with Crippen molar-refractivity contribution in [2.24, 2.45) is 0 Å². The van der Waals surface area contributed by atoms with Crippen molar-refractivity contribution in [2.75, 3.05) is 7.05 Å². The summed E-state index contributed by atoms with van der Waals surface area (Å²) < 4.78 is 31.7. The highest BCUT2D eigenvalue weighted by Crippen LogP contribution is 2.33. The number of nitrogens with zero attached hydrogens (tertiary/aromatic N) is 2. The van der Waals surface area contributed by atoms with E-state index in [1.165, 1.54) is 6.20 Å². The number of nitro benzene ring substituents is 1. The van der Waals surface area contributed by atoms with Crippen LogP contribution >= 0.6 is 0 Å². The molecule has 0 amide bonds. The zero-order valence-electron chi connectivity index (χ0n) is 10.7. The van der Waals surface area contributed by atoms with E-state index in [-0.39, 0.29) is 17.4 Å². The Bertz CT molecular complexity index is 657. The van der Waals surface area contributed by atoms with E-state index in [4.69, 9.17) is 4.42 Å². The van der Waals surface area contributed by atoms with Crippen LogP contribution < -0.4 is 5.32 Å². The van der Waals surface area contributed by atoms with Gasteiger partial charge in [0.1, 0.15) is 0 Å². The number of nitro groups is 1. The van der Waals surface area contributed by atoms with Gasteiger partial charge in [-0.25, -0.2) is 13.8 Å². The highest BCUT2D eigenvalue weighted by Gasteiger charge is 2.23. The normalized spacial score (nSPS) is 12.4. The van der Waals surface area contributed by atoms with E-state index in [0.717, 1.165) is 6.07 Å². The summed E-state index contributed by atoms with van der Waals surface area (Å²) in [5.74, 6) is -2.18. The summed E-state index contributed by atoms with van der Waals surface area (Å²) in [6.45, 7) is 1.77. The average Bonchev–Trinajstić information content (AvgIpc) is 2.89. The Morgan fingerprint density at radius 2 is 2.05 bits per heavy atom. The van der Waals surface area contributed by atoms with Crippen LogP contribution in [0.2, 0.25) is 0 Å². The molecule has 2 aromatic rings. The van der Waals surface area contributed by atoms with Crippen LogP contribution in [0.25, 0.3) is 11.3 Å². The van der Waals surface area contributed by atoms with Crippen molar-refractivity contribution < 1.29 is 18.1 Å². The predicted molar refractivity (Wildman–Crippen MR) is 66.0 cm³/mol. The number of halogens is 2. The lowest BCUT2D eigenvalue weighted by Gasteiger charge is -2.04. The molecule has 0 bridgehead atoms. The first-order valence-electron chi connectivity index (χ1n) is 5.70. The number of hydrogen-bond acceptors (Lipinski definition) is 5. The first-order chi connectivity index (χ1) is 9.43. The molecular weight excluding hydrogens is 272 g/mol. The Morgan fingerprint density at radius 1 is 1.40 bits per heavy atom. The standard InChI is InChI=1S/C12H11F2N3O3/c1-6(15-2)12-16-5-11(20-12)7-3-8(13)9(14)4-10(7)17(18)19/h3-6,15H,1-2H3. The minimum Gasteiger partial charge on any atom is -0.439 e. The van der Waals surface area contributed by atoms with Gasteiger partial charge in [-0.1, -0.05) is 0 Å². The minimum absolute atomic E-state index is 0.00713. The second-order valence-corrected chi connectivity index (χ2v) is 4.11. The number of oxazole rings is 1. The van der Waals surface area contributed by atoms with Gasteiger partial charge in [-0.15, -0.1) is 0 Å². The summed E-state index contributed by atoms with van der Waals surface area (Å²) >= 11 is 0. The molecule has 106 valence electrons. The fraction of sp³-hybridized carbons (Fsp3) is 0.250. The molecule has 0 aliphatic heterocycles. The first kappa shape index (κ1) is 14.1. The van der Waals surface area contributed by atoms with E-state index in [1.807, 2.05) is 0 Å². The van der Waals surface area contributed by atoms with Crippen LogP contribution in [0.1, 0.15) is 18.9 Å². The van der Waals surface area contributed by atoms with Crippen LogP contribution in [0, 0.1) is 21.7 Å². The van der Waals surface area contributed by atoms with Gasteiger partial charge in [0, 0.05) is 0 Å². The van der Waals surface area contributed by atoms with E-state index < -0.39 is 22.2 Å². The van der Waals surface area contributed by atoms with E-state index in [0.29, 0.717) is 12.0 Å². The molecule has 0 spiro atoms. The Balaban J connectivity index is 2.54. The largest absolute Gasteiger partial charge is 0.439 e. The van der Waals surface area contributed by atoms with Gasteiger partial charge in [0.2, 0.25) is 5.89 Å². The summed E-state index contributed by atoms with van der Waals surface area (Å²) in [6.07, 6.45) is 1.24. The van der Waals surface area contributed by atoms with Crippen LogP contribution in [0.4, 0.5) is 14.5 Å². The maximum Gasteiger partial charge on any atom is 0.283 e. The molecule has 0 radical (unpaired) electrons. The molecule has 0 saturated carbocycles. The predicted octanol–water partition coefficient (Wildman–Crippen LogP) is 2.81. The van der Waals surface area contributed by atoms with E-state index >= 15 is 0 Å². The number of hydrogen-bond donors (Lipinski definition) is 1. The molecule has 1 atom stereocenters. The molecule has 20 heavy (non-hydrogen) atoms. The Morgan fingerprint density at radius 3 is 2.65 bits per heavy atom. The third kappa shape index (κ3) is 2.50. The van der Waals surface area contributed by atoms with E-state index in [1.54, 1.807) is 14.0 Å². The maximum atomic E-state index is 13.3. The molecule has 0 aliphatic rings. The molecule has 2 rings (SSSR count). The number of benzene rings is 1. The van der Waals surface area contributed by atoms with Gasteiger partial charge >= 0.3 is 0 Å². The summed E-state index contributed by atoms with van der Waals surface area (Å²) in [5.41, 5.74) is -0.736. The van der Waals surface area contributed by atoms with Gasteiger partial charge in [-0.3, -0.25) is 10.1 Å². The van der Waals surface area contributed by atoms with Crippen LogP contribution in [-0.2, 0) is 0 Å². The van der Waals surface area contributed by atoms with Gasteiger partial charge in [0.05, 0.1) is 28.8 Å². The highest BCUT2D eigenvalue weighted by atomic mass is 19.2. The fourth-order valence-corrected chi connectivity index (χ4v) is 1.62. The zero-order chi connectivity index (χ0) is 14.9. The molecule has 6 nitrogen and oxygen atoms in total. The van der Waals surface area contributed by atoms with Crippen molar-refractivity contribution >= 4 is 5.69 Å². The Hall–Kier alpha value is -2.35. The highest BCUT2D eigenvalue weighted by molar-refractivity contribution is 5.69. The van der Waals surface area contributed by atoms with Crippen molar-refractivity contribution in [3.05, 3.63) is 46.0 Å². The van der Waals surface area contributed by atoms with Crippen molar-refractivity contribution in [1.29, 1.82) is 0 Å². The van der Waals surface area contributed by atoms with Crippen LogP contribution in [0.3, 0.4) is 0 Å². The molecule has 0 saturated heterocycles. The van der Waals surface area contributed by atoms with Gasteiger partial charge in [-0.05, 0) is 20.0 Å². The topological polar surface area (TPSA) is 81.2 Å². The molecule has 1 aromatic carbocycles. The molecule has 8 heteroatoms. The quantitative estimate of drug-likeness (QED) is 0.689. The summed E-state index contributed by atoms with van der Waals surface area (Å²) in [6, 6.07) is 1.03. The molecule has 0 aliphatic carbocycles. The van der Waals surface area contributed by atoms with Crippen molar-refractivity contribution in [1.82, 2.24) is 10.3 Å². The minimum atomic E-state index is -1.29. The van der Waals surface area contributed by atoms with Gasteiger partial charge < -0.3 is 9.73 Å². The smallest absolute Gasteiger partial charge is 0.283 e. The lowest BCUT2D eigenvalue weighted by molar-refractivity contribution is -0.384. The molecule has 1 unspecified atom stereocenters. The maximum absolute atomic E-state index is 13.3. The second kappa shape index (κ2) is 5.33. The molecular formula is C12H11F2N3O3. The summed E-state index contributed by atoms with van der Waals surface area (Å²) in [7, 11) is 1.69. The third-order valence-corrected chi connectivity index (χ3v) is 2.83. The fourth-order valence-electron chi connectivity index (χ4n) is 1.62. The SMILES string of the molecule is CNC(C)c1ncc(-c2cc(F)c(F)cc2[N+](=O)[O-])o1. The molecule has 1 N–H and O–H groups in total. The Kier molecular flexibility index (Phi) is 3.75. The summed E-state index contributed by atoms with van der Waals surface area (Å²) in [5, 5.41) is 13.8. The third-order valence-electron chi connectivity index (χ3n) is 2.83. The van der Waals surface area contributed by atoms with Gasteiger partial charge in [0.25, 0.3) is 5.69 Å². The van der Waals surface area contributed by atoms with Crippen molar-refractivity contribution in [2.45, 2.75) is 13.0 Å². The molecule has 0 fully saturated rings. The zero-order valence-corrected chi connectivity index (χ0v) is 10.7. The van der Waals surface area contributed by atoms with E-state index in [2.05, 4.69) is 10.3 Å². The summed E-state index contributed by atoms with van der Waals surface area (Å²) in [4.78, 5) is 14.0. The lowest BCUT2D eigenvalue weighted by Crippen LogP contribution is -2.12. The number of nitrogens with one attached hydrogen (secondary N) is 1. The van der Waals surface area contributed by atoms with Gasteiger partial charge in [0.15, 0.2) is 17.4 Å². The first-order valence-corrected chi connectivity index (χ1v) is 5.70. The number of aromatic nitrogens is 1.